The molecule has 0 saturated carbocycles. The number of esters is 1. The minimum Gasteiger partial charge on any atom is -0.462 e. The minimum absolute atomic E-state index is 0.0567. The first-order chi connectivity index (χ1) is 17.6. The molecule has 1 atom stereocenters. The molecule has 1 N–H and O–H groups in total. The molecule has 1 saturated heterocycles. The van der Waals surface area contributed by atoms with Crippen LogP contribution in [0.2, 0.25) is 0 Å². The second kappa shape index (κ2) is 11.3. The number of nitrogens with zero attached hydrogens (tertiary/aromatic N) is 2. The van der Waals surface area contributed by atoms with Gasteiger partial charge in [-0.2, -0.15) is 4.31 Å². The van der Waals surface area contributed by atoms with E-state index in [0.717, 1.165) is 23.3 Å². The predicted molar refractivity (Wildman–Crippen MR) is 138 cm³/mol. The second-order valence-electron chi connectivity index (χ2n) is 9.02. The number of nitrogens with one attached hydrogen (secondary N) is 1. The number of rotatable bonds is 8. The highest BCUT2D eigenvalue weighted by atomic mass is 32.2. The number of ether oxygens (including phenoxy) is 2. The average molecular weight is 550 g/mol. The highest BCUT2D eigenvalue weighted by Gasteiger charge is 2.31. The zero-order chi connectivity index (χ0) is 26.7. The summed E-state index contributed by atoms with van der Waals surface area (Å²) in [6.45, 7) is 5.15. The van der Waals surface area contributed by atoms with Gasteiger partial charge in [-0.3, -0.25) is 9.59 Å². The van der Waals surface area contributed by atoms with Gasteiger partial charge < -0.3 is 19.7 Å². The van der Waals surface area contributed by atoms with Crippen molar-refractivity contribution in [3.63, 3.8) is 0 Å². The van der Waals surface area contributed by atoms with Crippen LogP contribution in [-0.2, 0) is 37.3 Å². The maximum Gasteiger partial charge on any atom is 0.341 e. The van der Waals surface area contributed by atoms with Gasteiger partial charge in [0.15, 0.2) is 0 Å². The van der Waals surface area contributed by atoms with Crippen molar-refractivity contribution in [3.05, 3.63) is 45.8 Å². The first-order valence-corrected chi connectivity index (χ1v) is 14.4. The summed E-state index contributed by atoms with van der Waals surface area (Å²) >= 11 is 1.25. The first kappa shape index (κ1) is 27.2. The average Bonchev–Trinajstić information content (AvgIpc) is 3.51. The van der Waals surface area contributed by atoms with Gasteiger partial charge in [0.25, 0.3) is 5.91 Å². The van der Waals surface area contributed by atoms with Crippen molar-refractivity contribution in [2.24, 2.45) is 0 Å². The van der Waals surface area contributed by atoms with E-state index in [-0.39, 0.29) is 35.6 Å². The molecular formula is C25H31N3O7S2. The Morgan fingerprint density at radius 3 is 2.59 bits per heavy atom. The van der Waals surface area contributed by atoms with E-state index in [1.54, 1.807) is 11.8 Å². The van der Waals surface area contributed by atoms with Crippen LogP contribution >= 0.6 is 11.3 Å². The molecule has 1 unspecified atom stereocenters. The van der Waals surface area contributed by atoms with Crippen molar-refractivity contribution in [3.8, 4) is 0 Å². The van der Waals surface area contributed by atoms with Crippen LogP contribution < -0.4 is 5.32 Å². The maximum atomic E-state index is 13.1. The molecule has 37 heavy (non-hydrogen) atoms. The summed E-state index contributed by atoms with van der Waals surface area (Å²) in [5, 5.41) is 3.15. The lowest BCUT2D eigenvalue weighted by Gasteiger charge is -2.25. The molecule has 2 aliphatic heterocycles. The Kier molecular flexibility index (Phi) is 8.32. The molecule has 3 heterocycles. The smallest absolute Gasteiger partial charge is 0.341 e. The van der Waals surface area contributed by atoms with Crippen LogP contribution in [0.1, 0.15) is 57.8 Å². The molecule has 0 aliphatic carbocycles. The minimum atomic E-state index is -3.74. The highest BCUT2D eigenvalue weighted by molar-refractivity contribution is 7.89. The molecule has 2 aromatic rings. The number of anilines is 1. The van der Waals surface area contributed by atoms with Crippen molar-refractivity contribution in [1.29, 1.82) is 0 Å². The van der Waals surface area contributed by atoms with Gasteiger partial charge in [-0.1, -0.05) is 0 Å². The Morgan fingerprint density at radius 2 is 1.97 bits per heavy atom. The van der Waals surface area contributed by atoms with Crippen molar-refractivity contribution < 1.29 is 32.3 Å². The Bertz CT molecular complexity index is 1280. The number of carbonyl (C=O) groups excluding carboxylic acids is 3. The summed E-state index contributed by atoms with van der Waals surface area (Å²) in [6, 6.07) is 5.67. The van der Waals surface area contributed by atoms with Crippen LogP contribution in [0.15, 0.2) is 29.2 Å². The highest BCUT2D eigenvalue weighted by Crippen LogP contribution is 2.38. The fourth-order valence-corrected chi connectivity index (χ4v) is 6.94. The first-order valence-electron chi connectivity index (χ1n) is 12.2. The second-order valence-corrected chi connectivity index (χ2v) is 12.2. The number of benzene rings is 1. The van der Waals surface area contributed by atoms with E-state index in [1.165, 1.54) is 53.9 Å². The van der Waals surface area contributed by atoms with Gasteiger partial charge in [-0.05, 0) is 56.0 Å². The normalized spacial score (nSPS) is 17.5. The monoisotopic (exact) mass is 549 g/mol. The van der Waals surface area contributed by atoms with Gasteiger partial charge in [-0.25, -0.2) is 13.2 Å². The molecule has 0 radical (unpaired) electrons. The van der Waals surface area contributed by atoms with E-state index in [9.17, 15) is 22.8 Å². The molecule has 0 spiro atoms. The summed E-state index contributed by atoms with van der Waals surface area (Å²) in [4.78, 5) is 40.2. The SMILES string of the molecule is CCOC(=O)c1c(NC(=O)c2ccc(S(=O)(=O)N(C)CC3CCCO3)cc2)sc2c1CCN(C(C)=O)C2. The Balaban J connectivity index is 1.52. The van der Waals surface area contributed by atoms with Gasteiger partial charge in [0.1, 0.15) is 5.00 Å². The van der Waals surface area contributed by atoms with Crippen molar-refractivity contribution in [1.82, 2.24) is 9.21 Å². The van der Waals surface area contributed by atoms with Crippen molar-refractivity contribution in [2.75, 3.05) is 38.7 Å². The van der Waals surface area contributed by atoms with E-state index in [1.807, 2.05) is 0 Å². The summed E-state index contributed by atoms with van der Waals surface area (Å²) < 4.78 is 37.9. The standard InChI is InChI=1S/C25H31N3O7S2/c1-4-34-25(31)22-20-11-12-28(16(2)29)15-21(20)36-24(22)26-23(30)17-7-9-19(10-8-17)37(32,33)27(3)14-18-6-5-13-35-18/h7-10,18H,4-6,11-15H2,1-3H3,(H,26,30). The van der Waals surface area contributed by atoms with Crippen LogP contribution in [-0.4, -0.2) is 74.9 Å². The lowest BCUT2D eigenvalue weighted by atomic mass is 10.0. The third-order valence-electron chi connectivity index (χ3n) is 6.52. The van der Waals surface area contributed by atoms with Gasteiger partial charge in [0.2, 0.25) is 15.9 Å². The lowest BCUT2D eigenvalue weighted by Crippen LogP contribution is -2.34. The van der Waals surface area contributed by atoms with Gasteiger partial charge in [0.05, 0.1) is 29.7 Å². The zero-order valence-corrected chi connectivity index (χ0v) is 22.7. The number of carbonyl (C=O) groups is 3. The van der Waals surface area contributed by atoms with Crippen molar-refractivity contribution in [2.45, 2.75) is 50.7 Å². The Labute approximate surface area is 220 Å². The largest absolute Gasteiger partial charge is 0.462 e. The summed E-state index contributed by atoms with van der Waals surface area (Å²) in [7, 11) is -2.22. The summed E-state index contributed by atoms with van der Waals surface area (Å²) in [6.07, 6.45) is 2.12. The lowest BCUT2D eigenvalue weighted by molar-refractivity contribution is -0.129. The van der Waals surface area contributed by atoms with Crippen LogP contribution in [0.4, 0.5) is 5.00 Å². The van der Waals surface area contributed by atoms with E-state index < -0.39 is 21.9 Å². The third-order valence-corrected chi connectivity index (χ3v) is 9.49. The quantitative estimate of drug-likeness (QED) is 0.503. The number of sulfonamides is 1. The molecule has 0 bridgehead atoms. The van der Waals surface area contributed by atoms with Crippen LogP contribution in [0, 0.1) is 0 Å². The van der Waals surface area contributed by atoms with Crippen LogP contribution in [0.3, 0.4) is 0 Å². The number of thiophene rings is 1. The zero-order valence-electron chi connectivity index (χ0n) is 21.1. The molecule has 200 valence electrons. The maximum absolute atomic E-state index is 13.1. The summed E-state index contributed by atoms with van der Waals surface area (Å²) in [5.74, 6) is -1.06. The van der Waals surface area contributed by atoms with E-state index >= 15 is 0 Å². The molecule has 1 aromatic carbocycles. The van der Waals surface area contributed by atoms with E-state index in [0.29, 0.717) is 36.7 Å². The third kappa shape index (κ3) is 5.87. The molecule has 1 aromatic heterocycles. The van der Waals surface area contributed by atoms with Gasteiger partial charge in [-0.15, -0.1) is 11.3 Å². The number of fused-ring (bicyclic) bond motifs is 1. The number of likely N-dealkylation sites (N-methyl/N-ethyl adjacent to an activating group) is 1. The Morgan fingerprint density at radius 1 is 1.24 bits per heavy atom. The molecule has 2 amide bonds. The van der Waals surface area contributed by atoms with Crippen LogP contribution in [0.25, 0.3) is 0 Å². The van der Waals surface area contributed by atoms with E-state index in [4.69, 9.17) is 9.47 Å². The van der Waals surface area contributed by atoms with Gasteiger partial charge in [0, 0.05) is 44.1 Å². The van der Waals surface area contributed by atoms with E-state index in [2.05, 4.69) is 5.32 Å². The van der Waals surface area contributed by atoms with Crippen LogP contribution in [0.5, 0.6) is 0 Å². The molecule has 10 nitrogen and oxygen atoms in total. The number of hydrogen-bond donors (Lipinski definition) is 1. The molecule has 1 fully saturated rings. The predicted octanol–water partition coefficient (Wildman–Crippen LogP) is 2.88. The molecule has 12 heteroatoms. The molecular weight excluding hydrogens is 518 g/mol. The fraction of sp³-hybridized carbons (Fsp3) is 0.480. The number of hydrogen-bond acceptors (Lipinski definition) is 8. The summed E-state index contributed by atoms with van der Waals surface area (Å²) in [5.41, 5.74) is 1.34. The topological polar surface area (TPSA) is 122 Å². The van der Waals surface area contributed by atoms with Crippen molar-refractivity contribution >= 4 is 44.1 Å². The Hall–Kier alpha value is -2.80. The molecule has 4 rings (SSSR count). The fourth-order valence-electron chi connectivity index (χ4n) is 4.49. The molecule has 2 aliphatic rings. The number of amides is 2. The van der Waals surface area contributed by atoms with Gasteiger partial charge >= 0.3 is 5.97 Å².